The van der Waals surface area contributed by atoms with Gasteiger partial charge in [-0.15, -0.1) is 0 Å². The standard InChI is InChI=1S/C11H19N3O4S/c1-14-4-5-17-10(8-14)7-13-19(15,16)11-3-2-9(6-12)18-11/h2-3,10,13H,4-8,12H2,1H3. The fourth-order valence-electron chi connectivity index (χ4n) is 1.88. The van der Waals surface area contributed by atoms with Crippen LogP contribution in [0.4, 0.5) is 0 Å². The molecule has 19 heavy (non-hydrogen) atoms. The summed E-state index contributed by atoms with van der Waals surface area (Å²) in [6, 6.07) is 2.96. The molecule has 2 heterocycles. The highest BCUT2D eigenvalue weighted by Crippen LogP contribution is 2.13. The maximum Gasteiger partial charge on any atom is 0.274 e. The summed E-state index contributed by atoms with van der Waals surface area (Å²) >= 11 is 0. The number of nitrogens with two attached hydrogens (primary N) is 1. The van der Waals surface area contributed by atoms with E-state index in [4.69, 9.17) is 14.9 Å². The summed E-state index contributed by atoms with van der Waals surface area (Å²) in [5.41, 5.74) is 5.38. The van der Waals surface area contributed by atoms with Crippen LogP contribution in [0.2, 0.25) is 0 Å². The third kappa shape index (κ3) is 3.77. The second-order valence-electron chi connectivity index (χ2n) is 4.53. The van der Waals surface area contributed by atoms with E-state index in [-0.39, 0.29) is 24.3 Å². The van der Waals surface area contributed by atoms with Crippen molar-refractivity contribution in [3.63, 3.8) is 0 Å². The van der Waals surface area contributed by atoms with Gasteiger partial charge in [0, 0.05) is 19.6 Å². The number of hydrogen-bond donors (Lipinski definition) is 2. The Morgan fingerprint density at radius 1 is 1.53 bits per heavy atom. The van der Waals surface area contributed by atoms with Crippen molar-refractivity contribution in [2.45, 2.75) is 17.7 Å². The van der Waals surface area contributed by atoms with E-state index in [1.54, 1.807) is 6.07 Å². The van der Waals surface area contributed by atoms with Crippen LogP contribution < -0.4 is 10.5 Å². The molecule has 1 fully saturated rings. The second kappa shape index (κ2) is 6.02. The van der Waals surface area contributed by atoms with Gasteiger partial charge in [0.1, 0.15) is 5.76 Å². The first-order valence-corrected chi connectivity index (χ1v) is 7.58. The number of furan rings is 1. The second-order valence-corrected chi connectivity index (χ2v) is 6.23. The topological polar surface area (TPSA) is 97.8 Å². The first kappa shape index (κ1) is 14.5. The van der Waals surface area contributed by atoms with Crippen LogP contribution in [0.5, 0.6) is 0 Å². The smallest absolute Gasteiger partial charge is 0.274 e. The van der Waals surface area contributed by atoms with Crippen molar-refractivity contribution in [2.75, 3.05) is 33.3 Å². The molecule has 1 unspecified atom stereocenters. The Balaban J connectivity index is 1.93. The van der Waals surface area contributed by atoms with Crippen LogP contribution in [-0.4, -0.2) is 52.7 Å². The third-order valence-corrected chi connectivity index (χ3v) is 4.24. The number of likely N-dealkylation sites (N-methyl/N-ethyl adjacent to an activating group) is 1. The maximum atomic E-state index is 12.0. The van der Waals surface area contributed by atoms with E-state index in [9.17, 15) is 8.42 Å². The lowest BCUT2D eigenvalue weighted by molar-refractivity contribution is -0.0156. The fraction of sp³-hybridized carbons (Fsp3) is 0.636. The Morgan fingerprint density at radius 2 is 2.32 bits per heavy atom. The van der Waals surface area contributed by atoms with Gasteiger partial charge in [-0.3, -0.25) is 0 Å². The van der Waals surface area contributed by atoms with Crippen LogP contribution in [0.3, 0.4) is 0 Å². The zero-order valence-electron chi connectivity index (χ0n) is 10.8. The van der Waals surface area contributed by atoms with Crippen LogP contribution in [0.1, 0.15) is 5.76 Å². The molecular weight excluding hydrogens is 270 g/mol. The van der Waals surface area contributed by atoms with E-state index in [0.29, 0.717) is 18.9 Å². The lowest BCUT2D eigenvalue weighted by Crippen LogP contribution is -2.45. The summed E-state index contributed by atoms with van der Waals surface area (Å²) in [7, 11) is -1.66. The van der Waals surface area contributed by atoms with Crippen LogP contribution in [0.25, 0.3) is 0 Å². The van der Waals surface area contributed by atoms with Crippen LogP contribution in [-0.2, 0) is 21.3 Å². The van der Waals surface area contributed by atoms with E-state index < -0.39 is 10.0 Å². The first-order chi connectivity index (χ1) is 9.01. The first-order valence-electron chi connectivity index (χ1n) is 6.10. The number of sulfonamides is 1. The molecular formula is C11H19N3O4S. The molecule has 1 aromatic heterocycles. The summed E-state index contributed by atoms with van der Waals surface area (Å²) in [6.07, 6.45) is -0.141. The van der Waals surface area contributed by atoms with Gasteiger partial charge in [-0.2, -0.15) is 0 Å². The molecule has 3 N–H and O–H groups in total. The van der Waals surface area contributed by atoms with Crippen molar-refractivity contribution >= 4 is 10.0 Å². The molecule has 2 rings (SSSR count). The summed E-state index contributed by atoms with van der Waals surface area (Å²) < 4.78 is 37.0. The molecule has 0 radical (unpaired) electrons. The molecule has 0 spiro atoms. The van der Waals surface area contributed by atoms with Crippen molar-refractivity contribution < 1.29 is 17.6 Å². The molecule has 108 valence electrons. The maximum absolute atomic E-state index is 12.0. The van der Waals surface area contributed by atoms with Crippen LogP contribution in [0, 0.1) is 0 Å². The molecule has 1 aromatic rings. The third-order valence-electron chi connectivity index (χ3n) is 2.95. The van der Waals surface area contributed by atoms with Crippen molar-refractivity contribution in [2.24, 2.45) is 5.73 Å². The van der Waals surface area contributed by atoms with Crippen molar-refractivity contribution in [1.29, 1.82) is 0 Å². The fourth-order valence-corrected chi connectivity index (χ4v) is 2.89. The minimum absolute atomic E-state index is 0.114. The molecule has 7 nitrogen and oxygen atoms in total. The minimum atomic E-state index is -3.64. The normalized spacial score (nSPS) is 21.7. The van der Waals surface area contributed by atoms with E-state index in [0.717, 1.165) is 6.54 Å². The lowest BCUT2D eigenvalue weighted by atomic mass is 10.3. The Bertz CT molecular complexity index is 514. The summed E-state index contributed by atoms with van der Waals surface area (Å²) in [5.74, 6) is 0.439. The average molecular weight is 289 g/mol. The number of morpholine rings is 1. The summed E-state index contributed by atoms with van der Waals surface area (Å²) in [5, 5.41) is -0.114. The lowest BCUT2D eigenvalue weighted by Gasteiger charge is -2.29. The van der Waals surface area contributed by atoms with Gasteiger partial charge < -0.3 is 19.8 Å². The highest BCUT2D eigenvalue weighted by molar-refractivity contribution is 7.89. The highest BCUT2D eigenvalue weighted by atomic mass is 32.2. The van der Waals surface area contributed by atoms with E-state index >= 15 is 0 Å². The molecule has 1 atom stereocenters. The number of rotatable bonds is 5. The van der Waals surface area contributed by atoms with Crippen molar-refractivity contribution in [3.05, 3.63) is 17.9 Å². The van der Waals surface area contributed by atoms with Gasteiger partial charge in [-0.05, 0) is 19.2 Å². The molecule has 1 aliphatic rings. The molecule has 0 amide bonds. The number of hydrogen-bond acceptors (Lipinski definition) is 6. The zero-order valence-corrected chi connectivity index (χ0v) is 11.6. The monoisotopic (exact) mass is 289 g/mol. The number of nitrogens with zero attached hydrogens (tertiary/aromatic N) is 1. The van der Waals surface area contributed by atoms with Gasteiger partial charge in [0.25, 0.3) is 10.0 Å². The Labute approximate surface area is 112 Å². The molecule has 8 heteroatoms. The number of ether oxygens (including phenoxy) is 1. The minimum Gasteiger partial charge on any atom is -0.447 e. The largest absolute Gasteiger partial charge is 0.447 e. The number of nitrogens with one attached hydrogen (secondary N) is 1. The highest BCUT2D eigenvalue weighted by Gasteiger charge is 2.23. The molecule has 0 bridgehead atoms. The van der Waals surface area contributed by atoms with Crippen molar-refractivity contribution in [3.8, 4) is 0 Å². The summed E-state index contributed by atoms with van der Waals surface area (Å²) in [4.78, 5) is 2.10. The predicted octanol–water partition coefficient (Wildman–Crippen LogP) is -0.653. The quantitative estimate of drug-likeness (QED) is 0.747. The van der Waals surface area contributed by atoms with Gasteiger partial charge in [-0.1, -0.05) is 0 Å². The SMILES string of the molecule is CN1CCOC(CNS(=O)(=O)c2ccc(CN)o2)C1. The molecule has 0 saturated carbocycles. The Kier molecular flexibility index (Phi) is 4.58. The molecule has 0 aliphatic carbocycles. The van der Waals surface area contributed by atoms with Gasteiger partial charge in [0.05, 0.1) is 19.3 Å². The Morgan fingerprint density at radius 3 is 2.95 bits per heavy atom. The van der Waals surface area contributed by atoms with E-state index in [2.05, 4.69) is 9.62 Å². The van der Waals surface area contributed by atoms with E-state index in [1.807, 2.05) is 7.05 Å². The summed E-state index contributed by atoms with van der Waals surface area (Å²) in [6.45, 7) is 2.58. The average Bonchev–Trinajstić information content (AvgIpc) is 2.86. The van der Waals surface area contributed by atoms with E-state index in [1.165, 1.54) is 6.07 Å². The van der Waals surface area contributed by atoms with Crippen LogP contribution >= 0.6 is 0 Å². The van der Waals surface area contributed by atoms with Gasteiger partial charge >= 0.3 is 0 Å². The molecule has 0 aromatic carbocycles. The van der Waals surface area contributed by atoms with Crippen molar-refractivity contribution in [1.82, 2.24) is 9.62 Å². The van der Waals surface area contributed by atoms with Gasteiger partial charge in [0.2, 0.25) is 5.09 Å². The molecule has 1 aliphatic heterocycles. The zero-order chi connectivity index (χ0) is 13.9. The molecule has 1 saturated heterocycles. The van der Waals surface area contributed by atoms with Crippen LogP contribution in [0.15, 0.2) is 21.6 Å². The Hall–Kier alpha value is -0.930. The van der Waals surface area contributed by atoms with Gasteiger partial charge in [-0.25, -0.2) is 13.1 Å². The van der Waals surface area contributed by atoms with Gasteiger partial charge in [0.15, 0.2) is 0 Å². The predicted molar refractivity (Wildman–Crippen MR) is 69.0 cm³/mol.